The summed E-state index contributed by atoms with van der Waals surface area (Å²) in [5.74, 6) is -0.0377. The van der Waals surface area contributed by atoms with E-state index >= 15 is 0 Å². The Morgan fingerprint density at radius 1 is 1.30 bits per heavy atom. The molecule has 20 heavy (non-hydrogen) atoms. The third kappa shape index (κ3) is 3.36. The van der Waals surface area contributed by atoms with Gasteiger partial charge in [-0.1, -0.05) is 18.6 Å². The molecule has 0 unspecified atom stereocenters. The summed E-state index contributed by atoms with van der Waals surface area (Å²) in [7, 11) is 1.57. The van der Waals surface area contributed by atoms with E-state index in [2.05, 4.69) is 10.6 Å². The second kappa shape index (κ2) is 6.52. The van der Waals surface area contributed by atoms with Crippen molar-refractivity contribution >= 4 is 17.5 Å². The van der Waals surface area contributed by atoms with E-state index in [1.165, 1.54) is 0 Å². The van der Waals surface area contributed by atoms with Crippen molar-refractivity contribution < 1.29 is 9.59 Å². The Labute approximate surface area is 118 Å². The summed E-state index contributed by atoms with van der Waals surface area (Å²) in [6, 6.07) is 7.11. The average molecular weight is 275 g/mol. The molecule has 0 saturated heterocycles. The molecule has 0 heterocycles. The van der Waals surface area contributed by atoms with Crippen LogP contribution < -0.4 is 16.4 Å². The molecule has 1 aromatic rings. The first-order valence-corrected chi connectivity index (χ1v) is 6.98. The number of amides is 2. The van der Waals surface area contributed by atoms with Crippen LogP contribution in [0.15, 0.2) is 24.3 Å². The van der Waals surface area contributed by atoms with Gasteiger partial charge in [0, 0.05) is 19.5 Å². The largest absolute Gasteiger partial charge is 0.355 e. The van der Waals surface area contributed by atoms with Crippen LogP contribution in [-0.2, 0) is 4.79 Å². The lowest BCUT2D eigenvalue weighted by atomic mass is 10.00. The van der Waals surface area contributed by atoms with Crippen molar-refractivity contribution in [2.45, 2.75) is 31.7 Å². The van der Waals surface area contributed by atoms with Crippen LogP contribution in [0.1, 0.15) is 36.0 Å². The number of nitrogens with one attached hydrogen (secondary N) is 2. The van der Waals surface area contributed by atoms with Crippen molar-refractivity contribution in [2.75, 3.05) is 12.4 Å². The van der Waals surface area contributed by atoms with Crippen LogP contribution in [0.4, 0.5) is 5.69 Å². The SMILES string of the molecule is CNC(=O)c1ccccc1NC(=O)C[C@@H]1CCC[C@H]1N. The van der Waals surface area contributed by atoms with Crippen molar-refractivity contribution in [3.63, 3.8) is 0 Å². The van der Waals surface area contributed by atoms with E-state index in [0.717, 1.165) is 19.3 Å². The van der Waals surface area contributed by atoms with Gasteiger partial charge in [0.25, 0.3) is 5.91 Å². The van der Waals surface area contributed by atoms with E-state index in [9.17, 15) is 9.59 Å². The molecule has 1 fully saturated rings. The van der Waals surface area contributed by atoms with Gasteiger partial charge in [-0.15, -0.1) is 0 Å². The minimum atomic E-state index is -0.210. The van der Waals surface area contributed by atoms with Crippen molar-refractivity contribution in [3.8, 4) is 0 Å². The van der Waals surface area contributed by atoms with Crippen LogP contribution in [0.25, 0.3) is 0 Å². The number of nitrogens with two attached hydrogens (primary N) is 1. The number of hydrogen-bond acceptors (Lipinski definition) is 3. The maximum Gasteiger partial charge on any atom is 0.253 e. The van der Waals surface area contributed by atoms with Gasteiger partial charge in [0.15, 0.2) is 0 Å². The highest BCUT2D eigenvalue weighted by molar-refractivity contribution is 6.03. The van der Waals surface area contributed by atoms with Crippen molar-refractivity contribution in [3.05, 3.63) is 29.8 Å². The summed E-state index contributed by atoms with van der Waals surface area (Å²) < 4.78 is 0. The van der Waals surface area contributed by atoms with Crippen LogP contribution in [-0.4, -0.2) is 24.9 Å². The first kappa shape index (κ1) is 14.5. The highest BCUT2D eigenvalue weighted by atomic mass is 16.2. The Morgan fingerprint density at radius 2 is 2.05 bits per heavy atom. The molecule has 5 heteroatoms. The molecule has 0 aliphatic heterocycles. The predicted octanol–water partition coefficient (Wildman–Crippen LogP) is 1.50. The topological polar surface area (TPSA) is 84.2 Å². The fourth-order valence-corrected chi connectivity index (χ4v) is 2.68. The normalized spacial score (nSPS) is 21.5. The van der Waals surface area contributed by atoms with E-state index in [0.29, 0.717) is 17.7 Å². The standard InChI is InChI=1S/C15H21N3O2/c1-17-15(20)11-6-2-3-8-13(11)18-14(19)9-10-5-4-7-12(10)16/h2-3,6,8,10,12H,4-5,7,9,16H2,1H3,(H,17,20)(H,18,19)/t10-,12+/m0/s1. The number of rotatable bonds is 4. The maximum atomic E-state index is 12.1. The number of benzene rings is 1. The van der Waals surface area contributed by atoms with E-state index in [4.69, 9.17) is 5.73 Å². The highest BCUT2D eigenvalue weighted by Crippen LogP contribution is 2.27. The lowest BCUT2D eigenvalue weighted by molar-refractivity contribution is -0.117. The Hall–Kier alpha value is -1.88. The Kier molecular flexibility index (Phi) is 4.74. The number of hydrogen-bond donors (Lipinski definition) is 3. The highest BCUT2D eigenvalue weighted by Gasteiger charge is 2.26. The van der Waals surface area contributed by atoms with Crippen molar-refractivity contribution in [2.24, 2.45) is 11.7 Å². The molecule has 108 valence electrons. The second-order valence-electron chi connectivity index (χ2n) is 5.23. The summed E-state index contributed by atoms with van der Waals surface area (Å²) in [5.41, 5.74) is 6.99. The van der Waals surface area contributed by atoms with Gasteiger partial charge in [-0.3, -0.25) is 9.59 Å². The molecule has 5 nitrogen and oxygen atoms in total. The third-order valence-electron chi connectivity index (χ3n) is 3.84. The van der Waals surface area contributed by atoms with Gasteiger partial charge in [-0.2, -0.15) is 0 Å². The molecule has 4 N–H and O–H groups in total. The molecule has 2 atom stereocenters. The van der Waals surface area contributed by atoms with Crippen LogP contribution in [0.3, 0.4) is 0 Å². The first-order valence-electron chi connectivity index (χ1n) is 6.98. The van der Waals surface area contributed by atoms with Crippen LogP contribution >= 0.6 is 0 Å². The summed E-state index contributed by atoms with van der Waals surface area (Å²) in [5, 5.41) is 5.38. The zero-order valence-electron chi connectivity index (χ0n) is 11.7. The van der Waals surface area contributed by atoms with Crippen molar-refractivity contribution in [1.82, 2.24) is 5.32 Å². The summed E-state index contributed by atoms with van der Waals surface area (Å²) >= 11 is 0. The monoisotopic (exact) mass is 275 g/mol. The molecular weight excluding hydrogens is 254 g/mol. The molecular formula is C15H21N3O2. The van der Waals surface area contributed by atoms with Gasteiger partial charge in [0.2, 0.25) is 5.91 Å². The fraction of sp³-hybridized carbons (Fsp3) is 0.467. The fourth-order valence-electron chi connectivity index (χ4n) is 2.68. The van der Waals surface area contributed by atoms with Crippen LogP contribution in [0, 0.1) is 5.92 Å². The third-order valence-corrected chi connectivity index (χ3v) is 3.84. The summed E-state index contributed by atoms with van der Waals surface area (Å²) in [6.07, 6.45) is 3.51. The maximum absolute atomic E-state index is 12.1. The Balaban J connectivity index is 2.02. The molecule has 1 aromatic carbocycles. The van der Waals surface area contributed by atoms with Gasteiger partial charge < -0.3 is 16.4 Å². The minimum absolute atomic E-state index is 0.0799. The molecule has 2 amide bonds. The van der Waals surface area contributed by atoms with Gasteiger partial charge in [-0.05, 0) is 30.9 Å². The molecule has 0 bridgehead atoms. The van der Waals surface area contributed by atoms with E-state index in [1.54, 1.807) is 31.3 Å². The van der Waals surface area contributed by atoms with E-state index in [1.807, 2.05) is 0 Å². The summed E-state index contributed by atoms with van der Waals surface area (Å²) in [4.78, 5) is 23.8. The molecule has 1 saturated carbocycles. The predicted molar refractivity (Wildman–Crippen MR) is 78.4 cm³/mol. The molecule has 2 rings (SSSR count). The minimum Gasteiger partial charge on any atom is -0.355 e. The van der Waals surface area contributed by atoms with Gasteiger partial charge in [-0.25, -0.2) is 0 Å². The number of anilines is 1. The molecule has 1 aliphatic rings. The first-order chi connectivity index (χ1) is 9.61. The molecule has 0 spiro atoms. The van der Waals surface area contributed by atoms with Gasteiger partial charge in [0.05, 0.1) is 11.3 Å². The average Bonchev–Trinajstić information content (AvgIpc) is 2.84. The Morgan fingerprint density at radius 3 is 2.70 bits per heavy atom. The van der Waals surface area contributed by atoms with E-state index in [-0.39, 0.29) is 23.8 Å². The number of carbonyl (C=O) groups is 2. The van der Waals surface area contributed by atoms with E-state index < -0.39 is 0 Å². The molecule has 0 radical (unpaired) electrons. The Bertz CT molecular complexity index is 502. The number of para-hydroxylation sites is 1. The number of carbonyl (C=O) groups excluding carboxylic acids is 2. The molecule has 1 aliphatic carbocycles. The second-order valence-corrected chi connectivity index (χ2v) is 5.23. The van der Waals surface area contributed by atoms with Crippen LogP contribution in [0.2, 0.25) is 0 Å². The summed E-state index contributed by atoms with van der Waals surface area (Å²) in [6.45, 7) is 0. The van der Waals surface area contributed by atoms with Crippen molar-refractivity contribution in [1.29, 1.82) is 0 Å². The quantitative estimate of drug-likeness (QED) is 0.778. The molecule has 0 aromatic heterocycles. The zero-order chi connectivity index (χ0) is 14.5. The van der Waals surface area contributed by atoms with Crippen LogP contribution in [0.5, 0.6) is 0 Å². The lowest BCUT2D eigenvalue weighted by Crippen LogP contribution is -2.28. The van der Waals surface area contributed by atoms with Gasteiger partial charge in [0.1, 0.15) is 0 Å². The van der Waals surface area contributed by atoms with Gasteiger partial charge >= 0.3 is 0 Å². The smallest absolute Gasteiger partial charge is 0.253 e. The lowest BCUT2D eigenvalue weighted by Gasteiger charge is -2.15. The zero-order valence-corrected chi connectivity index (χ0v) is 11.7.